The molecule has 0 aliphatic carbocycles. The van der Waals surface area contributed by atoms with Crippen molar-refractivity contribution in [3.63, 3.8) is 0 Å². The van der Waals surface area contributed by atoms with Gasteiger partial charge in [0.05, 0.1) is 0 Å². The third-order valence-corrected chi connectivity index (χ3v) is 0. The summed E-state index contributed by atoms with van der Waals surface area (Å²) in [5.41, 5.74) is 0. The lowest BCUT2D eigenvalue weighted by Gasteiger charge is -1.97. The fraction of sp³-hybridized carbons (Fsp3) is 1.00. The Kier molecular flexibility index (Phi) is 5.66. The molecule has 0 fully saturated rings. The SMILES string of the molecule is C[Si](C)(C)Cl.[MgH2]. The van der Waals surface area contributed by atoms with Crippen LogP contribution in [0.25, 0.3) is 0 Å². The van der Waals surface area contributed by atoms with Gasteiger partial charge in [0.15, 0.2) is 0 Å². The van der Waals surface area contributed by atoms with Gasteiger partial charge in [-0.05, 0) is 0 Å². The van der Waals surface area contributed by atoms with Crippen molar-refractivity contribution in [2.75, 3.05) is 0 Å². The average Bonchev–Trinajstić information content (AvgIpc) is 0.722. The second-order valence-electron chi connectivity index (χ2n) is 2.07. The zero-order valence-corrected chi connectivity index (χ0v) is 5.63. The van der Waals surface area contributed by atoms with Gasteiger partial charge < -0.3 is 0 Å². The minimum Gasteiger partial charge on any atom is -0.168 e. The van der Waals surface area contributed by atoms with E-state index in [-0.39, 0.29) is 23.1 Å². The summed E-state index contributed by atoms with van der Waals surface area (Å²) in [5, 5.41) is 0. The highest BCUT2D eigenvalue weighted by Gasteiger charge is 2.04. The molecule has 0 bridgehead atoms. The summed E-state index contributed by atoms with van der Waals surface area (Å²) in [5.74, 6) is 0. The van der Waals surface area contributed by atoms with Crippen LogP contribution in [0.1, 0.15) is 0 Å². The van der Waals surface area contributed by atoms with E-state index in [1.807, 2.05) is 0 Å². The number of hydrogen-bond acceptors (Lipinski definition) is 0. The quantitative estimate of drug-likeness (QED) is 0.345. The zero-order chi connectivity index (χ0) is 4.50. The molecule has 0 saturated heterocycles. The minimum absolute atomic E-state index is 0. The standard InChI is InChI=1S/C3H9ClSi.Mg.2H/c1-5(2,3)4;;;/h1-3H3;;;. The molecule has 0 aromatic heterocycles. The first-order valence-electron chi connectivity index (χ1n) is 1.69. The van der Waals surface area contributed by atoms with Gasteiger partial charge in [-0.2, -0.15) is 11.1 Å². The van der Waals surface area contributed by atoms with Crippen LogP contribution in [0.2, 0.25) is 19.6 Å². The fourth-order valence-corrected chi connectivity index (χ4v) is 0. The van der Waals surface area contributed by atoms with Crippen LogP contribution < -0.4 is 0 Å². The first kappa shape index (κ1) is 10.3. The number of hydrogen-bond donors (Lipinski definition) is 0. The average molecular weight is 135 g/mol. The van der Waals surface area contributed by atoms with Gasteiger partial charge in [0, 0.05) is 0 Å². The molecule has 0 heterocycles. The highest BCUT2D eigenvalue weighted by atomic mass is 35.6. The fourth-order valence-electron chi connectivity index (χ4n) is 0. The molecule has 0 radical (unpaired) electrons. The Balaban J connectivity index is 0. The van der Waals surface area contributed by atoms with Crippen molar-refractivity contribution in [3.8, 4) is 0 Å². The van der Waals surface area contributed by atoms with E-state index in [9.17, 15) is 0 Å². The minimum atomic E-state index is -1.14. The molecule has 0 aromatic rings. The van der Waals surface area contributed by atoms with Crippen LogP contribution in [0.3, 0.4) is 0 Å². The van der Waals surface area contributed by atoms with Gasteiger partial charge >= 0.3 is 23.1 Å². The number of rotatable bonds is 0. The highest BCUT2D eigenvalue weighted by molar-refractivity contribution is 7.18. The Hall–Kier alpha value is 1.27. The van der Waals surface area contributed by atoms with Gasteiger partial charge in [-0.15, -0.1) is 0 Å². The molecule has 6 heavy (non-hydrogen) atoms. The van der Waals surface area contributed by atoms with Crippen molar-refractivity contribution in [1.29, 1.82) is 0 Å². The van der Waals surface area contributed by atoms with E-state index >= 15 is 0 Å². The molecule has 0 aromatic carbocycles. The van der Waals surface area contributed by atoms with Crippen molar-refractivity contribution < 1.29 is 0 Å². The van der Waals surface area contributed by atoms with Crippen molar-refractivity contribution in [2.24, 2.45) is 0 Å². The van der Waals surface area contributed by atoms with Gasteiger partial charge in [0.1, 0.15) is 7.38 Å². The van der Waals surface area contributed by atoms with Gasteiger partial charge in [0.25, 0.3) is 0 Å². The number of halogens is 1. The summed E-state index contributed by atoms with van der Waals surface area (Å²) in [6, 6.07) is 0. The molecule has 0 atom stereocenters. The van der Waals surface area contributed by atoms with E-state index < -0.39 is 7.38 Å². The first-order valence-corrected chi connectivity index (χ1v) is 6.20. The van der Waals surface area contributed by atoms with Crippen LogP contribution in [0.4, 0.5) is 0 Å². The van der Waals surface area contributed by atoms with Crippen LogP contribution in [0, 0.1) is 0 Å². The first-order chi connectivity index (χ1) is 2.00. The van der Waals surface area contributed by atoms with E-state index in [1.165, 1.54) is 0 Å². The van der Waals surface area contributed by atoms with Crippen LogP contribution in [-0.4, -0.2) is 30.4 Å². The predicted octanol–water partition coefficient (Wildman–Crippen LogP) is 1.14. The van der Waals surface area contributed by atoms with Crippen molar-refractivity contribution in [2.45, 2.75) is 19.6 Å². The maximum absolute atomic E-state index is 5.67. The Morgan fingerprint density at radius 3 is 1.17 bits per heavy atom. The Morgan fingerprint density at radius 1 is 1.17 bits per heavy atom. The topological polar surface area (TPSA) is 0 Å². The molecular formula is C3H11ClMgSi. The van der Waals surface area contributed by atoms with E-state index in [1.54, 1.807) is 0 Å². The molecule has 0 aliphatic heterocycles. The summed E-state index contributed by atoms with van der Waals surface area (Å²) < 4.78 is 0. The monoisotopic (exact) mass is 134 g/mol. The summed E-state index contributed by atoms with van der Waals surface area (Å²) >= 11 is 5.67. The molecule has 0 spiro atoms. The molecule has 0 saturated carbocycles. The molecule has 36 valence electrons. The van der Waals surface area contributed by atoms with Gasteiger partial charge in [-0.25, -0.2) is 0 Å². The summed E-state index contributed by atoms with van der Waals surface area (Å²) in [7, 11) is -1.14. The highest BCUT2D eigenvalue weighted by Crippen LogP contribution is 2.03. The normalized spacial score (nSPS) is 10.0. The maximum atomic E-state index is 5.67. The Morgan fingerprint density at radius 2 is 1.17 bits per heavy atom. The van der Waals surface area contributed by atoms with Crippen molar-refractivity contribution in [1.82, 2.24) is 0 Å². The van der Waals surface area contributed by atoms with E-state index in [2.05, 4.69) is 19.6 Å². The second kappa shape index (κ2) is 3.30. The van der Waals surface area contributed by atoms with Crippen LogP contribution in [-0.2, 0) is 0 Å². The third kappa shape index (κ3) is 59.4. The van der Waals surface area contributed by atoms with Gasteiger partial charge in [-0.1, -0.05) is 19.6 Å². The molecule has 0 unspecified atom stereocenters. The van der Waals surface area contributed by atoms with Crippen LogP contribution in [0.5, 0.6) is 0 Å². The smallest absolute Gasteiger partial charge is 0.168 e. The van der Waals surface area contributed by atoms with Crippen LogP contribution in [0.15, 0.2) is 0 Å². The largest absolute Gasteiger partial charge is 0.316 e. The summed E-state index contributed by atoms with van der Waals surface area (Å²) in [6.45, 7) is 6.28. The Labute approximate surface area is 61.1 Å². The van der Waals surface area contributed by atoms with Gasteiger partial charge in [0.2, 0.25) is 0 Å². The lowest BCUT2D eigenvalue weighted by Crippen LogP contribution is -2.06. The van der Waals surface area contributed by atoms with Crippen LogP contribution >= 0.6 is 11.1 Å². The molecule has 0 amide bonds. The molecule has 0 nitrogen and oxygen atoms in total. The van der Waals surface area contributed by atoms with Crippen molar-refractivity contribution >= 4 is 41.5 Å². The van der Waals surface area contributed by atoms with E-state index in [4.69, 9.17) is 11.1 Å². The van der Waals surface area contributed by atoms with Gasteiger partial charge in [-0.3, -0.25) is 0 Å². The van der Waals surface area contributed by atoms with E-state index in [0.717, 1.165) is 0 Å². The Bertz CT molecular complexity index is 26.3. The summed E-state index contributed by atoms with van der Waals surface area (Å²) in [4.78, 5) is 0. The lowest BCUT2D eigenvalue weighted by molar-refractivity contribution is 1.87. The third-order valence-electron chi connectivity index (χ3n) is 0. The zero-order valence-electron chi connectivity index (χ0n) is 3.88. The molecule has 0 rings (SSSR count). The maximum Gasteiger partial charge on any atom is 0.316 e. The lowest BCUT2D eigenvalue weighted by atomic mass is 11.8. The molecule has 0 aliphatic rings. The van der Waals surface area contributed by atoms with Crippen molar-refractivity contribution in [3.05, 3.63) is 0 Å². The van der Waals surface area contributed by atoms with E-state index in [0.29, 0.717) is 0 Å². The molecular weight excluding hydrogens is 124 g/mol. The predicted molar refractivity (Wildman–Crippen MR) is 37.7 cm³/mol. The second-order valence-corrected chi connectivity index (χ2v) is 9.60. The molecule has 0 N–H and O–H groups in total. The summed E-state index contributed by atoms with van der Waals surface area (Å²) in [6.07, 6.45) is 0. The molecule has 3 heteroatoms.